The van der Waals surface area contributed by atoms with E-state index in [1.165, 1.54) is 6.20 Å². The Bertz CT molecular complexity index is 898. The van der Waals surface area contributed by atoms with Crippen molar-refractivity contribution in [3.63, 3.8) is 0 Å². The van der Waals surface area contributed by atoms with Crippen LogP contribution in [-0.4, -0.2) is 56.3 Å². The van der Waals surface area contributed by atoms with Crippen molar-refractivity contribution in [1.29, 1.82) is 0 Å². The first-order valence-electron chi connectivity index (χ1n) is 10.4. The highest BCUT2D eigenvalue weighted by Gasteiger charge is 2.32. The number of rotatable bonds is 5. The second kappa shape index (κ2) is 9.13. The van der Waals surface area contributed by atoms with Crippen LogP contribution >= 0.6 is 0 Å². The summed E-state index contributed by atoms with van der Waals surface area (Å²) in [5.41, 5.74) is 1.70. The molecule has 31 heavy (non-hydrogen) atoms. The van der Waals surface area contributed by atoms with Gasteiger partial charge in [-0.3, -0.25) is 9.78 Å². The Morgan fingerprint density at radius 3 is 2.52 bits per heavy atom. The van der Waals surface area contributed by atoms with Crippen molar-refractivity contribution in [3.05, 3.63) is 53.9 Å². The zero-order valence-electron chi connectivity index (χ0n) is 17.1. The van der Waals surface area contributed by atoms with Crippen LogP contribution in [0.3, 0.4) is 0 Å². The SMILES string of the molecule is O=C(Cc1ccc(N2CCOCC2)cc1)NC1CCN(c2cncc(C(F)(F)F)c2)C1. The van der Waals surface area contributed by atoms with E-state index in [0.29, 0.717) is 25.2 Å². The quantitative estimate of drug-likeness (QED) is 0.785. The molecule has 1 aromatic carbocycles. The molecule has 1 amide bonds. The molecule has 9 heteroatoms. The van der Waals surface area contributed by atoms with E-state index in [1.54, 1.807) is 0 Å². The summed E-state index contributed by atoms with van der Waals surface area (Å²) in [5.74, 6) is -0.0897. The number of nitrogens with one attached hydrogen (secondary N) is 1. The fourth-order valence-electron chi connectivity index (χ4n) is 3.98. The van der Waals surface area contributed by atoms with Gasteiger partial charge < -0.3 is 19.9 Å². The van der Waals surface area contributed by atoms with Gasteiger partial charge in [0.25, 0.3) is 0 Å². The van der Waals surface area contributed by atoms with Gasteiger partial charge in [0.05, 0.1) is 37.1 Å². The third-order valence-corrected chi connectivity index (χ3v) is 5.65. The molecule has 6 nitrogen and oxygen atoms in total. The Kier molecular flexibility index (Phi) is 6.31. The molecule has 0 radical (unpaired) electrons. The van der Waals surface area contributed by atoms with E-state index in [4.69, 9.17) is 4.74 Å². The van der Waals surface area contributed by atoms with E-state index in [9.17, 15) is 18.0 Å². The zero-order chi connectivity index (χ0) is 21.8. The van der Waals surface area contributed by atoms with E-state index in [-0.39, 0.29) is 18.4 Å². The van der Waals surface area contributed by atoms with Gasteiger partial charge in [-0.2, -0.15) is 13.2 Å². The summed E-state index contributed by atoms with van der Waals surface area (Å²) >= 11 is 0. The fraction of sp³-hybridized carbons (Fsp3) is 0.455. The van der Waals surface area contributed by atoms with Crippen molar-refractivity contribution in [2.45, 2.75) is 25.1 Å². The lowest BCUT2D eigenvalue weighted by Crippen LogP contribution is -2.38. The van der Waals surface area contributed by atoms with Gasteiger partial charge in [-0.25, -0.2) is 0 Å². The average molecular weight is 434 g/mol. The first-order valence-corrected chi connectivity index (χ1v) is 10.4. The minimum atomic E-state index is -4.42. The van der Waals surface area contributed by atoms with Crippen molar-refractivity contribution in [2.24, 2.45) is 0 Å². The molecule has 4 rings (SSSR count). The zero-order valence-corrected chi connectivity index (χ0v) is 17.1. The maximum atomic E-state index is 12.9. The molecule has 0 bridgehead atoms. The van der Waals surface area contributed by atoms with Crippen molar-refractivity contribution in [1.82, 2.24) is 10.3 Å². The molecule has 1 unspecified atom stereocenters. The molecule has 166 valence electrons. The van der Waals surface area contributed by atoms with Gasteiger partial charge in [0.2, 0.25) is 5.91 Å². The van der Waals surface area contributed by atoms with Crippen molar-refractivity contribution >= 4 is 17.3 Å². The average Bonchev–Trinajstić information content (AvgIpc) is 3.23. The largest absolute Gasteiger partial charge is 0.417 e. The first kappa shape index (κ1) is 21.4. The van der Waals surface area contributed by atoms with Crippen LogP contribution in [0.1, 0.15) is 17.5 Å². The van der Waals surface area contributed by atoms with Gasteiger partial charge in [0.1, 0.15) is 0 Å². The van der Waals surface area contributed by atoms with Crippen LogP contribution in [0.15, 0.2) is 42.7 Å². The number of anilines is 2. The lowest BCUT2D eigenvalue weighted by atomic mass is 10.1. The summed E-state index contributed by atoms with van der Waals surface area (Å²) in [6.45, 7) is 4.20. The van der Waals surface area contributed by atoms with Crippen LogP contribution < -0.4 is 15.1 Å². The third kappa shape index (κ3) is 5.46. The summed E-state index contributed by atoms with van der Waals surface area (Å²) < 4.78 is 44.1. The van der Waals surface area contributed by atoms with Gasteiger partial charge in [0, 0.05) is 44.1 Å². The van der Waals surface area contributed by atoms with E-state index >= 15 is 0 Å². The summed E-state index contributed by atoms with van der Waals surface area (Å²) in [7, 11) is 0. The minimum absolute atomic E-state index is 0.0897. The summed E-state index contributed by atoms with van der Waals surface area (Å²) in [6, 6.07) is 8.96. The lowest BCUT2D eigenvalue weighted by Gasteiger charge is -2.28. The lowest BCUT2D eigenvalue weighted by molar-refractivity contribution is -0.137. The van der Waals surface area contributed by atoms with Crippen LogP contribution in [0.4, 0.5) is 24.5 Å². The standard InChI is InChI=1S/C22H25F3N4O2/c23-22(24,25)17-12-20(14-26-13-17)29-6-5-18(15-29)27-21(30)11-16-1-3-19(4-2-16)28-7-9-31-10-8-28/h1-4,12-14,18H,5-11,15H2,(H,27,30). The van der Waals surface area contributed by atoms with Crippen LogP contribution in [0, 0.1) is 0 Å². The Morgan fingerprint density at radius 1 is 1.06 bits per heavy atom. The number of morpholine rings is 1. The van der Waals surface area contributed by atoms with Crippen LogP contribution in [-0.2, 0) is 22.1 Å². The molecule has 1 N–H and O–H groups in total. The predicted molar refractivity (Wildman–Crippen MR) is 111 cm³/mol. The number of hydrogen-bond acceptors (Lipinski definition) is 5. The number of alkyl halides is 3. The number of carbonyl (C=O) groups is 1. The number of pyridine rings is 1. The molecule has 2 aromatic rings. The first-order chi connectivity index (χ1) is 14.9. The summed E-state index contributed by atoms with van der Waals surface area (Å²) in [6.07, 6.45) is -1.23. The molecular formula is C22H25F3N4O2. The number of aromatic nitrogens is 1. The highest BCUT2D eigenvalue weighted by Crippen LogP contribution is 2.31. The van der Waals surface area contributed by atoms with Crippen LogP contribution in [0.25, 0.3) is 0 Å². The highest BCUT2D eigenvalue weighted by atomic mass is 19.4. The molecule has 0 aliphatic carbocycles. The molecule has 1 atom stereocenters. The smallest absolute Gasteiger partial charge is 0.378 e. The van der Waals surface area contributed by atoms with E-state index in [2.05, 4.69) is 15.2 Å². The minimum Gasteiger partial charge on any atom is -0.378 e. The molecule has 1 aromatic heterocycles. The Hall–Kier alpha value is -2.81. The van der Waals surface area contributed by atoms with Gasteiger partial charge in [-0.1, -0.05) is 12.1 Å². The van der Waals surface area contributed by atoms with Crippen molar-refractivity contribution < 1.29 is 22.7 Å². The van der Waals surface area contributed by atoms with Crippen molar-refractivity contribution in [2.75, 3.05) is 49.2 Å². The van der Waals surface area contributed by atoms with Gasteiger partial charge in [0.15, 0.2) is 0 Å². The number of ether oxygens (including phenoxy) is 1. The van der Waals surface area contributed by atoms with Crippen LogP contribution in [0.2, 0.25) is 0 Å². The second-order valence-electron chi connectivity index (χ2n) is 7.87. The Balaban J connectivity index is 1.29. The third-order valence-electron chi connectivity index (χ3n) is 5.65. The molecule has 2 aliphatic heterocycles. The normalized spacial score (nSPS) is 19.5. The predicted octanol–water partition coefficient (Wildman–Crippen LogP) is 2.87. The Morgan fingerprint density at radius 2 is 1.81 bits per heavy atom. The number of benzene rings is 1. The molecule has 2 saturated heterocycles. The van der Waals surface area contributed by atoms with Gasteiger partial charge in [-0.15, -0.1) is 0 Å². The molecule has 2 aliphatic rings. The van der Waals surface area contributed by atoms with E-state index in [1.807, 2.05) is 29.2 Å². The topological polar surface area (TPSA) is 57.7 Å². The number of halogens is 3. The summed E-state index contributed by atoms with van der Waals surface area (Å²) in [4.78, 5) is 20.3. The Labute approximate surface area is 179 Å². The molecule has 2 fully saturated rings. The molecule has 0 saturated carbocycles. The molecular weight excluding hydrogens is 409 g/mol. The summed E-state index contributed by atoms with van der Waals surface area (Å²) in [5, 5.41) is 3.00. The maximum absolute atomic E-state index is 12.9. The molecule has 0 spiro atoms. The number of hydrogen-bond donors (Lipinski definition) is 1. The fourth-order valence-corrected chi connectivity index (χ4v) is 3.98. The maximum Gasteiger partial charge on any atom is 0.417 e. The monoisotopic (exact) mass is 434 g/mol. The number of amides is 1. The van der Waals surface area contributed by atoms with Crippen LogP contribution in [0.5, 0.6) is 0 Å². The second-order valence-corrected chi connectivity index (χ2v) is 7.87. The van der Waals surface area contributed by atoms with Crippen molar-refractivity contribution in [3.8, 4) is 0 Å². The van der Waals surface area contributed by atoms with E-state index in [0.717, 1.165) is 49.8 Å². The highest BCUT2D eigenvalue weighted by molar-refractivity contribution is 5.79. The van der Waals surface area contributed by atoms with Gasteiger partial charge in [-0.05, 0) is 30.2 Å². The van der Waals surface area contributed by atoms with Gasteiger partial charge >= 0.3 is 6.18 Å². The number of nitrogens with zero attached hydrogens (tertiary/aromatic N) is 3. The number of carbonyl (C=O) groups excluding carboxylic acids is 1. The van der Waals surface area contributed by atoms with E-state index < -0.39 is 11.7 Å². The molecule has 3 heterocycles.